The third-order valence-corrected chi connectivity index (χ3v) is 4.89. The summed E-state index contributed by atoms with van der Waals surface area (Å²) in [6.07, 6.45) is 2.12. The highest BCUT2D eigenvalue weighted by molar-refractivity contribution is 6.43. The van der Waals surface area contributed by atoms with Crippen molar-refractivity contribution in [2.75, 3.05) is 0 Å². The summed E-state index contributed by atoms with van der Waals surface area (Å²) in [4.78, 5) is 12.2. The van der Waals surface area contributed by atoms with E-state index >= 15 is 0 Å². The van der Waals surface area contributed by atoms with Crippen LogP contribution in [0.25, 0.3) is 0 Å². The van der Waals surface area contributed by atoms with Crippen molar-refractivity contribution < 1.29 is 4.79 Å². The first-order valence-corrected chi connectivity index (χ1v) is 8.65. The molecular weight excluding hydrogens is 359 g/mol. The predicted molar refractivity (Wildman–Crippen MR) is 101 cm³/mol. The number of hydrazine groups is 1. The molecule has 25 heavy (non-hydrogen) atoms. The number of nitrogens with one attached hydrogen (secondary N) is 3. The summed E-state index contributed by atoms with van der Waals surface area (Å²) >= 11 is 12.0. The number of nitrogens with zero attached hydrogens (tertiary/aromatic N) is 1. The maximum atomic E-state index is 12.2. The smallest absolute Gasteiger partial charge is 0.258 e. The molecule has 2 unspecified atom stereocenters. The Labute approximate surface area is 156 Å². The minimum atomic E-state index is -0.363. The Morgan fingerprint density at radius 3 is 2.72 bits per heavy atom. The molecule has 2 atom stereocenters. The van der Waals surface area contributed by atoms with E-state index in [1.807, 2.05) is 6.92 Å². The predicted octanol–water partition coefficient (Wildman–Crippen LogP) is 3.36. The molecule has 1 saturated heterocycles. The molecule has 2 aromatic carbocycles. The second-order valence-corrected chi connectivity index (χ2v) is 6.70. The Bertz CT molecular complexity index is 792. The number of benzene rings is 2. The van der Waals surface area contributed by atoms with Gasteiger partial charge in [-0.25, -0.2) is 16.3 Å². The lowest BCUT2D eigenvalue weighted by Gasteiger charge is -2.09. The van der Waals surface area contributed by atoms with Crippen molar-refractivity contribution in [1.82, 2.24) is 16.3 Å². The van der Waals surface area contributed by atoms with Crippen LogP contribution in [0.5, 0.6) is 0 Å². The van der Waals surface area contributed by atoms with Crippen LogP contribution in [0, 0.1) is 6.92 Å². The lowest BCUT2D eigenvalue weighted by Crippen LogP contribution is -2.41. The summed E-state index contributed by atoms with van der Waals surface area (Å²) in [7, 11) is 0. The van der Waals surface area contributed by atoms with E-state index in [-0.39, 0.29) is 18.0 Å². The van der Waals surface area contributed by atoms with Gasteiger partial charge in [0.05, 0.1) is 16.3 Å². The van der Waals surface area contributed by atoms with Crippen molar-refractivity contribution in [3.8, 4) is 0 Å². The van der Waals surface area contributed by atoms with Crippen molar-refractivity contribution >= 4 is 35.3 Å². The minimum absolute atomic E-state index is 0.0858. The summed E-state index contributed by atoms with van der Waals surface area (Å²) in [5.74, 6) is -0.212. The van der Waals surface area contributed by atoms with E-state index in [1.54, 1.807) is 18.2 Å². The van der Waals surface area contributed by atoms with Crippen molar-refractivity contribution in [2.24, 2.45) is 5.10 Å². The normalized spacial score (nSPS) is 20.1. The highest BCUT2D eigenvalue weighted by atomic mass is 35.5. The van der Waals surface area contributed by atoms with Gasteiger partial charge >= 0.3 is 0 Å². The van der Waals surface area contributed by atoms with Crippen molar-refractivity contribution in [3.05, 3.63) is 69.2 Å². The molecule has 3 rings (SSSR count). The van der Waals surface area contributed by atoms with Crippen LogP contribution in [0.15, 0.2) is 47.6 Å². The van der Waals surface area contributed by atoms with E-state index in [9.17, 15) is 4.79 Å². The molecule has 1 amide bonds. The summed E-state index contributed by atoms with van der Waals surface area (Å²) in [6, 6.07) is 13.2. The number of carbonyl (C=O) groups is 1. The largest absolute Gasteiger partial charge is 0.271 e. The van der Waals surface area contributed by atoms with Gasteiger partial charge in [-0.2, -0.15) is 5.10 Å². The zero-order valence-electron chi connectivity index (χ0n) is 13.6. The zero-order chi connectivity index (χ0) is 17.8. The second-order valence-electron chi connectivity index (χ2n) is 5.92. The molecule has 0 spiro atoms. The molecule has 0 aromatic heterocycles. The van der Waals surface area contributed by atoms with Crippen LogP contribution < -0.4 is 16.3 Å². The SMILES string of the molecule is Cc1ccc(C2CC(C(=O)N/N=C/c3cccc(Cl)c3Cl)NN2)cc1. The first-order valence-electron chi connectivity index (χ1n) is 7.89. The van der Waals surface area contributed by atoms with Crippen LogP contribution in [-0.4, -0.2) is 18.2 Å². The molecule has 1 aliphatic rings. The number of aryl methyl sites for hydroxylation is 1. The van der Waals surface area contributed by atoms with E-state index in [4.69, 9.17) is 23.2 Å². The molecule has 0 aliphatic carbocycles. The standard InChI is InChI=1S/C18H18Cl2N4O/c1-11-5-7-12(8-6-11)15-9-16(23-22-15)18(25)24-21-10-13-3-2-4-14(19)17(13)20/h2-8,10,15-16,22-23H,9H2,1H3,(H,24,25)/b21-10+. The molecule has 2 aromatic rings. The molecule has 130 valence electrons. The Kier molecular flexibility index (Phi) is 5.71. The number of hydrogen-bond donors (Lipinski definition) is 3. The molecule has 1 aliphatic heterocycles. The number of amides is 1. The van der Waals surface area contributed by atoms with Crippen LogP contribution >= 0.6 is 23.2 Å². The van der Waals surface area contributed by atoms with E-state index < -0.39 is 0 Å². The Morgan fingerprint density at radius 1 is 1.20 bits per heavy atom. The van der Waals surface area contributed by atoms with Crippen LogP contribution in [0.1, 0.15) is 29.2 Å². The van der Waals surface area contributed by atoms with Gasteiger partial charge in [-0.05, 0) is 25.0 Å². The van der Waals surface area contributed by atoms with Crippen LogP contribution in [-0.2, 0) is 4.79 Å². The van der Waals surface area contributed by atoms with Gasteiger partial charge in [0.25, 0.3) is 5.91 Å². The molecule has 1 fully saturated rings. The number of rotatable bonds is 4. The molecule has 5 nitrogen and oxygen atoms in total. The highest BCUT2D eigenvalue weighted by Crippen LogP contribution is 2.24. The van der Waals surface area contributed by atoms with Crippen molar-refractivity contribution in [3.63, 3.8) is 0 Å². The topological polar surface area (TPSA) is 65.5 Å². The van der Waals surface area contributed by atoms with Gasteiger partial charge in [-0.1, -0.05) is 65.2 Å². The van der Waals surface area contributed by atoms with Crippen molar-refractivity contribution in [1.29, 1.82) is 0 Å². The van der Waals surface area contributed by atoms with Crippen molar-refractivity contribution in [2.45, 2.75) is 25.4 Å². The van der Waals surface area contributed by atoms with Gasteiger partial charge in [0, 0.05) is 11.6 Å². The van der Waals surface area contributed by atoms with Gasteiger partial charge in [-0.15, -0.1) is 0 Å². The van der Waals surface area contributed by atoms with Crippen LogP contribution in [0.2, 0.25) is 10.0 Å². The number of hydrogen-bond acceptors (Lipinski definition) is 4. The second kappa shape index (κ2) is 7.97. The van der Waals surface area contributed by atoms with Gasteiger partial charge in [0.2, 0.25) is 0 Å². The van der Waals surface area contributed by atoms with E-state index in [0.29, 0.717) is 22.0 Å². The fraction of sp³-hybridized carbons (Fsp3) is 0.222. The molecule has 0 radical (unpaired) electrons. The van der Waals surface area contributed by atoms with E-state index in [2.05, 4.69) is 45.6 Å². The molecule has 0 bridgehead atoms. The molecule has 7 heteroatoms. The molecular formula is C18H18Cl2N4O. The minimum Gasteiger partial charge on any atom is -0.271 e. The number of carbonyl (C=O) groups excluding carboxylic acids is 1. The quantitative estimate of drug-likeness (QED) is 0.566. The fourth-order valence-electron chi connectivity index (χ4n) is 2.61. The summed E-state index contributed by atoms with van der Waals surface area (Å²) < 4.78 is 0. The Hall–Kier alpha value is -1.92. The van der Waals surface area contributed by atoms with Crippen LogP contribution in [0.3, 0.4) is 0 Å². The fourth-order valence-corrected chi connectivity index (χ4v) is 2.97. The monoisotopic (exact) mass is 376 g/mol. The maximum absolute atomic E-state index is 12.2. The molecule has 3 N–H and O–H groups in total. The third kappa shape index (κ3) is 4.38. The van der Waals surface area contributed by atoms with Crippen LogP contribution in [0.4, 0.5) is 0 Å². The Morgan fingerprint density at radius 2 is 1.96 bits per heavy atom. The maximum Gasteiger partial charge on any atom is 0.258 e. The van der Waals surface area contributed by atoms with Gasteiger partial charge in [-0.3, -0.25) is 4.79 Å². The zero-order valence-corrected chi connectivity index (χ0v) is 15.1. The lowest BCUT2D eigenvalue weighted by atomic mass is 10.0. The third-order valence-electron chi connectivity index (χ3n) is 4.06. The number of halogens is 2. The highest BCUT2D eigenvalue weighted by Gasteiger charge is 2.29. The average Bonchev–Trinajstić information content (AvgIpc) is 3.09. The Balaban J connectivity index is 1.56. The summed E-state index contributed by atoms with van der Waals surface area (Å²) in [6.45, 7) is 2.05. The lowest BCUT2D eigenvalue weighted by molar-refractivity contribution is -0.122. The number of hydrazone groups is 1. The summed E-state index contributed by atoms with van der Waals surface area (Å²) in [5.41, 5.74) is 11.7. The molecule has 1 heterocycles. The van der Waals surface area contributed by atoms with Gasteiger partial charge in [0.15, 0.2) is 0 Å². The first kappa shape index (κ1) is 17.9. The van der Waals surface area contributed by atoms with Gasteiger partial charge < -0.3 is 0 Å². The van der Waals surface area contributed by atoms with E-state index in [1.165, 1.54) is 11.8 Å². The van der Waals surface area contributed by atoms with E-state index in [0.717, 1.165) is 5.56 Å². The average molecular weight is 377 g/mol. The van der Waals surface area contributed by atoms with Gasteiger partial charge in [0.1, 0.15) is 6.04 Å². The first-order chi connectivity index (χ1) is 12.0. The summed E-state index contributed by atoms with van der Waals surface area (Å²) in [5, 5.41) is 4.81. The molecule has 0 saturated carbocycles.